The minimum Gasteiger partial charge on any atom is -0.489 e. The summed E-state index contributed by atoms with van der Waals surface area (Å²) in [7, 11) is 1.65. The average Bonchev–Trinajstić information content (AvgIpc) is 2.08. The minimum absolute atomic E-state index is 0.166. The molecule has 13 heavy (non-hydrogen) atoms. The molecular formula is C10H15NO2. The first-order valence-electron chi connectivity index (χ1n) is 4.33. The van der Waals surface area contributed by atoms with Gasteiger partial charge in [-0.15, -0.1) is 0 Å². The highest BCUT2D eigenvalue weighted by molar-refractivity contribution is 5.26. The van der Waals surface area contributed by atoms with E-state index in [1.165, 1.54) is 0 Å². The zero-order chi connectivity index (χ0) is 9.68. The maximum atomic E-state index is 5.56. The molecule has 0 aliphatic carbocycles. The molecule has 0 spiro atoms. The summed E-state index contributed by atoms with van der Waals surface area (Å²) in [5, 5.41) is 0. The fraction of sp³-hybridized carbons (Fsp3) is 0.500. The third-order valence-electron chi connectivity index (χ3n) is 1.49. The number of pyridine rings is 1. The second kappa shape index (κ2) is 4.82. The molecule has 0 fully saturated rings. The monoisotopic (exact) mass is 181 g/mol. The van der Waals surface area contributed by atoms with Crippen molar-refractivity contribution >= 4 is 0 Å². The van der Waals surface area contributed by atoms with Crippen LogP contribution in [0, 0.1) is 0 Å². The van der Waals surface area contributed by atoms with Crippen molar-refractivity contribution in [2.45, 2.75) is 26.6 Å². The number of ether oxygens (including phenoxy) is 2. The molecule has 0 bridgehead atoms. The lowest BCUT2D eigenvalue weighted by molar-refractivity contribution is 0.170. The molecule has 0 unspecified atom stereocenters. The van der Waals surface area contributed by atoms with Gasteiger partial charge in [0, 0.05) is 13.3 Å². The summed E-state index contributed by atoms with van der Waals surface area (Å²) in [6, 6.07) is 3.76. The van der Waals surface area contributed by atoms with Crippen LogP contribution in [0.1, 0.15) is 19.5 Å². The first-order valence-corrected chi connectivity index (χ1v) is 4.33. The van der Waals surface area contributed by atoms with Crippen LogP contribution in [0.25, 0.3) is 0 Å². The van der Waals surface area contributed by atoms with Crippen molar-refractivity contribution in [3.05, 3.63) is 24.0 Å². The van der Waals surface area contributed by atoms with Gasteiger partial charge in [-0.05, 0) is 26.0 Å². The van der Waals surface area contributed by atoms with Crippen LogP contribution in [0.4, 0.5) is 0 Å². The maximum Gasteiger partial charge on any atom is 0.143 e. The van der Waals surface area contributed by atoms with Crippen LogP contribution in [-0.4, -0.2) is 18.2 Å². The Kier molecular flexibility index (Phi) is 3.71. The minimum atomic E-state index is 0.166. The lowest BCUT2D eigenvalue weighted by Crippen LogP contribution is -2.08. The Morgan fingerprint density at radius 2 is 2.23 bits per heavy atom. The zero-order valence-electron chi connectivity index (χ0n) is 8.28. The molecule has 0 saturated carbocycles. The number of aromatic nitrogens is 1. The molecule has 0 atom stereocenters. The topological polar surface area (TPSA) is 31.4 Å². The summed E-state index contributed by atoms with van der Waals surface area (Å²) in [6.07, 6.45) is 1.90. The van der Waals surface area contributed by atoms with Gasteiger partial charge in [-0.3, -0.25) is 4.98 Å². The first kappa shape index (κ1) is 9.99. The Morgan fingerprint density at radius 1 is 1.46 bits per heavy atom. The fourth-order valence-corrected chi connectivity index (χ4v) is 1.03. The molecule has 0 radical (unpaired) electrons. The third kappa shape index (κ3) is 3.03. The molecule has 1 aromatic heterocycles. The van der Waals surface area contributed by atoms with Gasteiger partial charge >= 0.3 is 0 Å². The molecular weight excluding hydrogens is 166 g/mol. The van der Waals surface area contributed by atoms with E-state index in [1.807, 2.05) is 26.0 Å². The zero-order valence-corrected chi connectivity index (χ0v) is 8.28. The van der Waals surface area contributed by atoms with Crippen LogP contribution in [0.3, 0.4) is 0 Å². The van der Waals surface area contributed by atoms with Gasteiger partial charge < -0.3 is 9.47 Å². The van der Waals surface area contributed by atoms with Crippen molar-refractivity contribution in [2.75, 3.05) is 7.11 Å². The Morgan fingerprint density at radius 3 is 2.85 bits per heavy atom. The van der Waals surface area contributed by atoms with Crippen LogP contribution in [-0.2, 0) is 11.3 Å². The number of hydrogen-bond donors (Lipinski definition) is 0. The van der Waals surface area contributed by atoms with Crippen LogP contribution in [0.2, 0.25) is 0 Å². The van der Waals surface area contributed by atoms with E-state index >= 15 is 0 Å². The molecule has 1 aromatic rings. The molecule has 72 valence electrons. The van der Waals surface area contributed by atoms with Crippen LogP contribution in [0.5, 0.6) is 5.75 Å². The van der Waals surface area contributed by atoms with E-state index in [0.717, 1.165) is 11.4 Å². The Hall–Kier alpha value is -1.09. The molecule has 0 aliphatic rings. The van der Waals surface area contributed by atoms with Crippen molar-refractivity contribution in [1.29, 1.82) is 0 Å². The van der Waals surface area contributed by atoms with Gasteiger partial charge in [0.2, 0.25) is 0 Å². The third-order valence-corrected chi connectivity index (χ3v) is 1.49. The number of methoxy groups -OCH3 is 1. The van der Waals surface area contributed by atoms with Gasteiger partial charge in [-0.2, -0.15) is 0 Å². The van der Waals surface area contributed by atoms with E-state index < -0.39 is 0 Å². The van der Waals surface area contributed by atoms with Crippen LogP contribution in [0.15, 0.2) is 18.3 Å². The highest BCUT2D eigenvalue weighted by Gasteiger charge is 2.04. The van der Waals surface area contributed by atoms with Crippen molar-refractivity contribution < 1.29 is 9.47 Å². The van der Waals surface area contributed by atoms with Crippen molar-refractivity contribution in [2.24, 2.45) is 0 Å². The molecule has 0 aliphatic heterocycles. The number of hydrogen-bond acceptors (Lipinski definition) is 3. The SMILES string of the molecule is COCc1ncccc1OC(C)C. The van der Waals surface area contributed by atoms with Gasteiger partial charge in [0.15, 0.2) is 0 Å². The maximum absolute atomic E-state index is 5.56. The summed E-state index contributed by atoms with van der Waals surface area (Å²) in [6.45, 7) is 4.47. The Labute approximate surface area is 78.7 Å². The highest BCUT2D eigenvalue weighted by atomic mass is 16.5. The van der Waals surface area contributed by atoms with Crippen LogP contribution < -0.4 is 4.74 Å². The Bertz CT molecular complexity index is 261. The number of rotatable bonds is 4. The van der Waals surface area contributed by atoms with E-state index in [1.54, 1.807) is 13.3 Å². The van der Waals surface area contributed by atoms with Gasteiger partial charge in [0.1, 0.15) is 11.4 Å². The van der Waals surface area contributed by atoms with E-state index in [2.05, 4.69) is 4.98 Å². The van der Waals surface area contributed by atoms with Gasteiger partial charge in [0.25, 0.3) is 0 Å². The molecule has 3 nitrogen and oxygen atoms in total. The lowest BCUT2D eigenvalue weighted by atomic mass is 10.3. The lowest BCUT2D eigenvalue weighted by Gasteiger charge is -2.12. The molecule has 1 heterocycles. The molecule has 0 amide bonds. The summed E-state index contributed by atoms with van der Waals surface area (Å²) >= 11 is 0. The second-order valence-corrected chi connectivity index (χ2v) is 3.05. The summed E-state index contributed by atoms with van der Waals surface area (Å²) in [5.41, 5.74) is 0.846. The van der Waals surface area contributed by atoms with Crippen LogP contribution >= 0.6 is 0 Å². The van der Waals surface area contributed by atoms with Crippen molar-refractivity contribution in [3.63, 3.8) is 0 Å². The average molecular weight is 181 g/mol. The summed E-state index contributed by atoms with van der Waals surface area (Å²) in [5.74, 6) is 0.805. The van der Waals surface area contributed by atoms with Gasteiger partial charge in [0.05, 0.1) is 12.7 Å². The van der Waals surface area contributed by atoms with E-state index in [9.17, 15) is 0 Å². The Balaban J connectivity index is 2.78. The summed E-state index contributed by atoms with van der Waals surface area (Å²) < 4.78 is 10.6. The van der Waals surface area contributed by atoms with Gasteiger partial charge in [-0.25, -0.2) is 0 Å². The normalized spacial score (nSPS) is 10.5. The molecule has 1 rings (SSSR count). The largest absolute Gasteiger partial charge is 0.489 e. The standard InChI is InChI=1S/C10H15NO2/c1-8(2)13-10-5-4-6-11-9(10)7-12-3/h4-6,8H,7H2,1-3H3. The number of nitrogens with zero attached hydrogens (tertiary/aromatic N) is 1. The van der Waals surface area contributed by atoms with Crippen molar-refractivity contribution in [3.8, 4) is 5.75 Å². The van der Waals surface area contributed by atoms with E-state index in [-0.39, 0.29) is 6.10 Å². The predicted octanol–water partition coefficient (Wildman–Crippen LogP) is 2.02. The second-order valence-electron chi connectivity index (χ2n) is 3.05. The van der Waals surface area contributed by atoms with Crippen molar-refractivity contribution in [1.82, 2.24) is 4.98 Å². The van der Waals surface area contributed by atoms with E-state index in [0.29, 0.717) is 6.61 Å². The smallest absolute Gasteiger partial charge is 0.143 e. The molecule has 0 aromatic carbocycles. The van der Waals surface area contributed by atoms with E-state index in [4.69, 9.17) is 9.47 Å². The predicted molar refractivity (Wildman–Crippen MR) is 50.7 cm³/mol. The fourth-order valence-electron chi connectivity index (χ4n) is 1.03. The molecule has 0 saturated heterocycles. The first-order chi connectivity index (χ1) is 6.24. The molecule has 3 heteroatoms. The van der Waals surface area contributed by atoms with Gasteiger partial charge in [-0.1, -0.05) is 0 Å². The summed E-state index contributed by atoms with van der Waals surface area (Å²) in [4.78, 5) is 4.17. The molecule has 0 N–H and O–H groups in total. The highest BCUT2D eigenvalue weighted by Crippen LogP contribution is 2.17. The quantitative estimate of drug-likeness (QED) is 0.712.